The molecule has 0 amide bonds. The van der Waals surface area contributed by atoms with Gasteiger partial charge in [0.2, 0.25) is 5.82 Å². The van der Waals surface area contributed by atoms with Crippen LogP contribution in [0.4, 0.5) is 19.0 Å². The third-order valence-corrected chi connectivity index (χ3v) is 3.20. The average molecular weight is 294 g/mol. The Morgan fingerprint density at radius 3 is 2.47 bits per heavy atom. The number of rotatable bonds is 4. The highest BCUT2D eigenvalue weighted by molar-refractivity contribution is 6.29. The molecule has 19 heavy (non-hydrogen) atoms. The van der Waals surface area contributed by atoms with Crippen molar-refractivity contribution < 1.29 is 13.2 Å². The van der Waals surface area contributed by atoms with Crippen LogP contribution in [-0.4, -0.2) is 22.6 Å². The van der Waals surface area contributed by atoms with Gasteiger partial charge in [-0.3, -0.25) is 0 Å². The van der Waals surface area contributed by atoms with Crippen molar-refractivity contribution in [3.8, 4) is 0 Å². The number of hydrogen-bond donors (Lipinski definition) is 0. The number of alkyl halides is 3. The van der Waals surface area contributed by atoms with Crippen molar-refractivity contribution >= 4 is 17.4 Å². The molecule has 1 aromatic rings. The molecule has 1 fully saturated rings. The van der Waals surface area contributed by atoms with Crippen LogP contribution in [0.2, 0.25) is 5.15 Å². The van der Waals surface area contributed by atoms with Gasteiger partial charge in [-0.05, 0) is 32.6 Å². The van der Waals surface area contributed by atoms with Gasteiger partial charge in [-0.25, -0.2) is 9.97 Å². The molecule has 1 aromatic heterocycles. The zero-order valence-corrected chi connectivity index (χ0v) is 11.5. The highest BCUT2D eigenvalue weighted by Gasteiger charge is 2.36. The second-order valence-corrected chi connectivity index (χ2v) is 5.45. The predicted molar refractivity (Wildman–Crippen MR) is 67.3 cm³/mol. The molecule has 1 aliphatic rings. The van der Waals surface area contributed by atoms with Crippen molar-refractivity contribution in [2.45, 2.75) is 38.9 Å². The molecule has 106 valence electrons. The summed E-state index contributed by atoms with van der Waals surface area (Å²) in [6.07, 6.45) is -2.34. The number of halogens is 4. The summed E-state index contributed by atoms with van der Waals surface area (Å²) < 4.78 is 38.1. The monoisotopic (exact) mass is 293 g/mol. The second-order valence-electron chi connectivity index (χ2n) is 5.06. The molecule has 7 heteroatoms. The lowest BCUT2D eigenvalue weighted by Crippen LogP contribution is -2.34. The van der Waals surface area contributed by atoms with E-state index in [-0.39, 0.29) is 17.0 Å². The third kappa shape index (κ3) is 3.72. The maximum atomic E-state index is 12.7. The smallest absolute Gasteiger partial charge is 0.354 e. The van der Waals surface area contributed by atoms with E-state index in [4.69, 9.17) is 11.6 Å². The lowest BCUT2D eigenvalue weighted by atomic mass is 10.2. The van der Waals surface area contributed by atoms with Gasteiger partial charge in [-0.1, -0.05) is 11.6 Å². The summed E-state index contributed by atoms with van der Waals surface area (Å²) in [7, 11) is 0. The van der Waals surface area contributed by atoms with Crippen LogP contribution in [0.1, 0.15) is 32.5 Å². The lowest BCUT2D eigenvalue weighted by Gasteiger charge is -2.28. The minimum absolute atomic E-state index is 0.0626. The first-order valence-electron chi connectivity index (χ1n) is 6.16. The van der Waals surface area contributed by atoms with E-state index < -0.39 is 12.0 Å². The van der Waals surface area contributed by atoms with Crippen LogP contribution in [0, 0.1) is 5.92 Å². The summed E-state index contributed by atoms with van der Waals surface area (Å²) in [6.45, 7) is 4.56. The quantitative estimate of drug-likeness (QED) is 0.791. The molecule has 0 aliphatic heterocycles. The average Bonchev–Trinajstić information content (AvgIpc) is 3.07. The zero-order valence-electron chi connectivity index (χ0n) is 10.7. The van der Waals surface area contributed by atoms with Crippen LogP contribution in [0.15, 0.2) is 6.07 Å². The first kappa shape index (κ1) is 14.4. The van der Waals surface area contributed by atoms with Crippen LogP contribution in [0.3, 0.4) is 0 Å². The van der Waals surface area contributed by atoms with E-state index in [0.717, 1.165) is 12.8 Å². The van der Waals surface area contributed by atoms with Crippen molar-refractivity contribution in [2.75, 3.05) is 11.4 Å². The highest BCUT2D eigenvalue weighted by Crippen LogP contribution is 2.34. The fourth-order valence-electron chi connectivity index (χ4n) is 1.83. The summed E-state index contributed by atoms with van der Waals surface area (Å²) in [5, 5.41) is -0.182. The Hall–Kier alpha value is -1.04. The Bertz CT molecular complexity index is 458. The fraction of sp³-hybridized carbons (Fsp3) is 0.667. The van der Waals surface area contributed by atoms with Gasteiger partial charge in [0, 0.05) is 18.7 Å². The van der Waals surface area contributed by atoms with Crippen molar-refractivity contribution in [1.82, 2.24) is 9.97 Å². The van der Waals surface area contributed by atoms with Crippen LogP contribution >= 0.6 is 11.6 Å². The summed E-state index contributed by atoms with van der Waals surface area (Å²) in [5.41, 5.74) is 0. The van der Waals surface area contributed by atoms with Gasteiger partial charge in [0.25, 0.3) is 0 Å². The Balaban J connectivity index is 2.32. The Labute approximate surface area is 114 Å². The van der Waals surface area contributed by atoms with Gasteiger partial charge >= 0.3 is 6.18 Å². The standard InChI is InChI=1S/C12H15ClF3N3/c1-7(2)19(6-8-3-4-8)10-5-9(13)17-11(18-10)12(14,15)16/h5,7-8H,3-4,6H2,1-2H3. The van der Waals surface area contributed by atoms with E-state index in [9.17, 15) is 13.2 Å². The molecule has 2 rings (SSSR count). The number of nitrogens with zero attached hydrogens (tertiary/aromatic N) is 3. The Morgan fingerprint density at radius 1 is 1.37 bits per heavy atom. The first-order valence-corrected chi connectivity index (χ1v) is 6.53. The van der Waals surface area contributed by atoms with Crippen molar-refractivity contribution in [1.29, 1.82) is 0 Å². The summed E-state index contributed by atoms with van der Waals surface area (Å²) in [6, 6.07) is 1.45. The van der Waals surface area contributed by atoms with Gasteiger partial charge in [-0.15, -0.1) is 0 Å². The van der Waals surface area contributed by atoms with Gasteiger partial charge in [0.15, 0.2) is 0 Å². The second kappa shape index (κ2) is 5.15. The van der Waals surface area contributed by atoms with E-state index in [0.29, 0.717) is 12.5 Å². The van der Waals surface area contributed by atoms with E-state index in [1.807, 2.05) is 18.7 Å². The Kier molecular flexibility index (Phi) is 3.90. The molecule has 0 aromatic carbocycles. The van der Waals surface area contributed by atoms with Gasteiger partial charge in [0.05, 0.1) is 0 Å². The van der Waals surface area contributed by atoms with Crippen molar-refractivity contribution in [3.05, 3.63) is 17.0 Å². The summed E-state index contributed by atoms with van der Waals surface area (Å²) >= 11 is 5.68. The molecule has 1 aliphatic carbocycles. The molecule has 0 spiro atoms. The van der Waals surface area contributed by atoms with Crippen molar-refractivity contribution in [2.24, 2.45) is 5.92 Å². The third-order valence-electron chi connectivity index (χ3n) is 3.00. The molecule has 1 heterocycles. The summed E-state index contributed by atoms with van der Waals surface area (Å²) in [4.78, 5) is 8.70. The minimum Gasteiger partial charge on any atom is -0.354 e. The normalized spacial score (nSPS) is 15.9. The van der Waals surface area contributed by atoms with Crippen LogP contribution in [0.25, 0.3) is 0 Å². The highest BCUT2D eigenvalue weighted by atomic mass is 35.5. The van der Waals surface area contributed by atoms with E-state index in [1.165, 1.54) is 6.07 Å². The molecule has 0 bridgehead atoms. The van der Waals surface area contributed by atoms with Crippen LogP contribution < -0.4 is 4.90 Å². The Morgan fingerprint density at radius 2 is 2.00 bits per heavy atom. The van der Waals surface area contributed by atoms with E-state index in [2.05, 4.69) is 9.97 Å². The maximum Gasteiger partial charge on any atom is 0.451 e. The fourth-order valence-corrected chi connectivity index (χ4v) is 2.00. The molecule has 0 unspecified atom stereocenters. The molecule has 0 radical (unpaired) electrons. The topological polar surface area (TPSA) is 29.0 Å². The maximum absolute atomic E-state index is 12.7. The van der Waals surface area contributed by atoms with Crippen molar-refractivity contribution in [3.63, 3.8) is 0 Å². The molecule has 3 nitrogen and oxygen atoms in total. The first-order chi connectivity index (χ1) is 8.77. The minimum atomic E-state index is -4.58. The van der Waals surface area contributed by atoms with Crippen LogP contribution in [0.5, 0.6) is 0 Å². The lowest BCUT2D eigenvalue weighted by molar-refractivity contribution is -0.144. The number of aromatic nitrogens is 2. The zero-order chi connectivity index (χ0) is 14.2. The molecule has 0 atom stereocenters. The van der Waals surface area contributed by atoms with Crippen LogP contribution in [-0.2, 0) is 6.18 Å². The number of hydrogen-bond acceptors (Lipinski definition) is 3. The van der Waals surface area contributed by atoms with Gasteiger partial charge in [0.1, 0.15) is 11.0 Å². The molecule has 0 saturated heterocycles. The molecular weight excluding hydrogens is 279 g/mol. The molecular formula is C12H15ClF3N3. The van der Waals surface area contributed by atoms with E-state index >= 15 is 0 Å². The molecule has 1 saturated carbocycles. The van der Waals surface area contributed by atoms with Gasteiger partial charge in [-0.2, -0.15) is 13.2 Å². The largest absolute Gasteiger partial charge is 0.451 e. The predicted octanol–water partition coefficient (Wildman–Crippen LogP) is 3.77. The van der Waals surface area contributed by atoms with Gasteiger partial charge < -0.3 is 4.90 Å². The summed E-state index contributed by atoms with van der Waals surface area (Å²) in [5.74, 6) is -0.392. The SMILES string of the molecule is CC(C)N(CC1CC1)c1cc(Cl)nc(C(F)(F)F)n1. The molecule has 0 N–H and O–H groups in total. The van der Waals surface area contributed by atoms with E-state index in [1.54, 1.807) is 0 Å². The number of anilines is 1.